The molecular formula is C25H29N3O4S2. The van der Waals surface area contributed by atoms with Gasteiger partial charge < -0.3 is 10.1 Å². The number of piperidine rings is 1. The number of hydrogen-bond acceptors (Lipinski definition) is 6. The van der Waals surface area contributed by atoms with Gasteiger partial charge in [0.05, 0.1) is 29.2 Å². The second-order valence-electron chi connectivity index (χ2n) is 8.41. The van der Waals surface area contributed by atoms with Crippen LogP contribution in [0.4, 0.5) is 5.69 Å². The molecule has 0 unspecified atom stereocenters. The van der Waals surface area contributed by atoms with Crippen molar-refractivity contribution in [2.75, 3.05) is 25.0 Å². The van der Waals surface area contributed by atoms with Crippen molar-refractivity contribution >= 4 is 33.0 Å². The lowest BCUT2D eigenvalue weighted by atomic mass is 10.0. The van der Waals surface area contributed by atoms with Gasteiger partial charge in [-0.25, -0.2) is 13.4 Å². The number of thiazole rings is 1. The molecule has 2 aromatic carbocycles. The molecule has 0 spiro atoms. The molecule has 0 atom stereocenters. The molecule has 1 aromatic heterocycles. The van der Waals surface area contributed by atoms with Crippen LogP contribution in [0, 0.1) is 5.92 Å². The Hall–Kier alpha value is -2.75. The molecule has 1 fully saturated rings. The van der Waals surface area contributed by atoms with Gasteiger partial charge in [0.25, 0.3) is 0 Å². The third-order valence-electron chi connectivity index (χ3n) is 5.83. The average molecular weight is 500 g/mol. The highest BCUT2D eigenvalue weighted by molar-refractivity contribution is 7.89. The van der Waals surface area contributed by atoms with Crippen LogP contribution in [0.1, 0.15) is 32.4 Å². The first kappa shape index (κ1) is 24.4. The molecule has 1 aliphatic rings. The molecule has 1 amide bonds. The Balaban J connectivity index is 1.38. The zero-order chi connectivity index (χ0) is 24.1. The van der Waals surface area contributed by atoms with E-state index in [1.54, 1.807) is 28.6 Å². The molecule has 7 nitrogen and oxygen atoms in total. The minimum absolute atomic E-state index is 0.124. The number of nitrogens with zero attached hydrogens (tertiary/aromatic N) is 2. The summed E-state index contributed by atoms with van der Waals surface area (Å²) in [6.07, 6.45) is 1.88. The van der Waals surface area contributed by atoms with Crippen molar-refractivity contribution in [3.05, 3.63) is 59.6 Å². The predicted octanol–water partition coefficient (Wildman–Crippen LogP) is 4.81. The molecule has 1 N–H and O–H groups in total. The van der Waals surface area contributed by atoms with Gasteiger partial charge in [-0.1, -0.05) is 19.1 Å². The second-order valence-corrected chi connectivity index (χ2v) is 11.2. The van der Waals surface area contributed by atoms with Gasteiger partial charge in [-0.3, -0.25) is 4.79 Å². The van der Waals surface area contributed by atoms with Crippen molar-refractivity contribution in [3.8, 4) is 16.3 Å². The maximum Gasteiger partial charge on any atom is 0.243 e. The number of aromatic nitrogens is 1. The van der Waals surface area contributed by atoms with Crippen LogP contribution in [-0.4, -0.2) is 43.3 Å². The molecule has 9 heteroatoms. The zero-order valence-electron chi connectivity index (χ0n) is 19.4. The van der Waals surface area contributed by atoms with E-state index < -0.39 is 10.0 Å². The lowest BCUT2D eigenvalue weighted by Gasteiger charge is -2.29. The molecule has 3 aromatic rings. The number of hydrogen-bond donors (Lipinski definition) is 1. The second kappa shape index (κ2) is 10.7. The van der Waals surface area contributed by atoms with E-state index in [-0.39, 0.29) is 17.2 Å². The fourth-order valence-electron chi connectivity index (χ4n) is 3.89. The predicted molar refractivity (Wildman–Crippen MR) is 135 cm³/mol. The van der Waals surface area contributed by atoms with Gasteiger partial charge in [-0.05, 0) is 62.1 Å². The Kier molecular flexibility index (Phi) is 7.65. The van der Waals surface area contributed by atoms with Crippen molar-refractivity contribution in [2.45, 2.75) is 38.0 Å². The van der Waals surface area contributed by atoms with Gasteiger partial charge in [0.15, 0.2) is 0 Å². The monoisotopic (exact) mass is 499 g/mol. The number of benzene rings is 2. The van der Waals surface area contributed by atoms with E-state index in [0.717, 1.165) is 29.2 Å². The standard InChI is InChI=1S/C25H29N3O4S2/c1-3-32-23-7-5-4-6-22(23)25-27-20(17-33-25)16-24(29)26-19-8-10-21(11-9-19)34(30,31)28-14-12-18(2)13-15-28/h4-11,17-18H,3,12-16H2,1-2H3,(H,26,29). The molecule has 0 aliphatic carbocycles. The number of carbonyl (C=O) groups excluding carboxylic acids is 1. The molecule has 34 heavy (non-hydrogen) atoms. The summed E-state index contributed by atoms with van der Waals surface area (Å²) in [7, 11) is -3.51. The molecule has 0 radical (unpaired) electrons. The Bertz CT molecular complexity index is 1230. The molecule has 1 aliphatic heterocycles. The van der Waals surface area contributed by atoms with Crippen LogP contribution in [0.3, 0.4) is 0 Å². The molecule has 180 valence electrons. The Morgan fingerprint density at radius 3 is 2.56 bits per heavy atom. The number of amides is 1. The highest BCUT2D eigenvalue weighted by Crippen LogP contribution is 2.32. The van der Waals surface area contributed by atoms with Crippen LogP contribution < -0.4 is 10.1 Å². The normalized spacial score (nSPS) is 15.2. The first-order valence-corrected chi connectivity index (χ1v) is 13.8. The first-order chi connectivity index (χ1) is 16.4. The molecule has 1 saturated heterocycles. The van der Waals surface area contributed by atoms with Crippen LogP contribution in [0.2, 0.25) is 0 Å². The summed E-state index contributed by atoms with van der Waals surface area (Å²) >= 11 is 1.47. The minimum atomic E-state index is -3.51. The summed E-state index contributed by atoms with van der Waals surface area (Å²) in [5.41, 5.74) is 2.12. The van der Waals surface area contributed by atoms with E-state index in [4.69, 9.17) is 4.74 Å². The molecule has 0 bridgehead atoms. The number of ether oxygens (including phenoxy) is 1. The quantitative estimate of drug-likeness (QED) is 0.480. The minimum Gasteiger partial charge on any atom is -0.493 e. The van der Waals surface area contributed by atoms with Crippen molar-refractivity contribution in [3.63, 3.8) is 0 Å². The van der Waals surface area contributed by atoms with E-state index in [1.165, 1.54) is 11.3 Å². The van der Waals surface area contributed by atoms with E-state index >= 15 is 0 Å². The maximum absolute atomic E-state index is 12.9. The van der Waals surface area contributed by atoms with Crippen LogP contribution >= 0.6 is 11.3 Å². The fourth-order valence-corrected chi connectivity index (χ4v) is 6.21. The van der Waals surface area contributed by atoms with Gasteiger partial charge in [-0.15, -0.1) is 11.3 Å². The SMILES string of the molecule is CCOc1ccccc1-c1nc(CC(=O)Nc2ccc(S(=O)(=O)N3CCC(C)CC3)cc2)cs1. The van der Waals surface area contributed by atoms with Gasteiger partial charge in [0.1, 0.15) is 10.8 Å². The van der Waals surface area contributed by atoms with Crippen LogP contribution in [0.5, 0.6) is 5.75 Å². The van der Waals surface area contributed by atoms with Gasteiger partial charge >= 0.3 is 0 Å². The highest BCUT2D eigenvalue weighted by Gasteiger charge is 2.28. The first-order valence-electron chi connectivity index (χ1n) is 11.4. The molecular weight excluding hydrogens is 470 g/mol. The fraction of sp³-hybridized carbons (Fsp3) is 0.360. The van der Waals surface area contributed by atoms with E-state index in [9.17, 15) is 13.2 Å². The number of para-hydroxylation sites is 1. The summed E-state index contributed by atoms with van der Waals surface area (Å²) in [5, 5.41) is 5.50. The summed E-state index contributed by atoms with van der Waals surface area (Å²) in [6.45, 7) is 5.74. The van der Waals surface area contributed by atoms with Crippen molar-refractivity contribution in [1.29, 1.82) is 0 Å². The average Bonchev–Trinajstić information content (AvgIpc) is 3.28. The summed E-state index contributed by atoms with van der Waals surface area (Å²) in [5.74, 6) is 1.11. The lowest BCUT2D eigenvalue weighted by molar-refractivity contribution is -0.115. The van der Waals surface area contributed by atoms with Gasteiger partial charge in [0, 0.05) is 24.2 Å². The van der Waals surface area contributed by atoms with Crippen LogP contribution in [0.15, 0.2) is 58.8 Å². The highest BCUT2D eigenvalue weighted by atomic mass is 32.2. The Labute approximate surface area is 204 Å². The maximum atomic E-state index is 12.9. The number of nitrogens with one attached hydrogen (secondary N) is 1. The lowest BCUT2D eigenvalue weighted by Crippen LogP contribution is -2.37. The zero-order valence-corrected chi connectivity index (χ0v) is 21.0. The number of carbonyl (C=O) groups is 1. The number of anilines is 1. The summed E-state index contributed by atoms with van der Waals surface area (Å²) in [4.78, 5) is 17.4. The van der Waals surface area contributed by atoms with Crippen LogP contribution in [0.25, 0.3) is 10.6 Å². The van der Waals surface area contributed by atoms with E-state index in [2.05, 4.69) is 17.2 Å². The molecule has 2 heterocycles. The summed E-state index contributed by atoms with van der Waals surface area (Å²) in [6, 6.07) is 14.1. The van der Waals surface area contributed by atoms with Crippen molar-refractivity contribution < 1.29 is 17.9 Å². The number of rotatable bonds is 8. The molecule has 0 saturated carbocycles. The van der Waals surface area contributed by atoms with E-state index in [1.807, 2.05) is 36.6 Å². The molecule has 4 rings (SSSR count). The summed E-state index contributed by atoms with van der Waals surface area (Å²) < 4.78 is 33.0. The third-order valence-corrected chi connectivity index (χ3v) is 8.67. The van der Waals surface area contributed by atoms with Crippen molar-refractivity contribution in [1.82, 2.24) is 9.29 Å². The largest absolute Gasteiger partial charge is 0.493 e. The topological polar surface area (TPSA) is 88.6 Å². The Morgan fingerprint density at radius 2 is 1.85 bits per heavy atom. The van der Waals surface area contributed by atoms with Gasteiger partial charge in [0.2, 0.25) is 15.9 Å². The van der Waals surface area contributed by atoms with E-state index in [0.29, 0.717) is 37.0 Å². The number of sulfonamides is 1. The third kappa shape index (κ3) is 5.65. The Morgan fingerprint density at radius 1 is 1.15 bits per heavy atom. The van der Waals surface area contributed by atoms with Crippen molar-refractivity contribution in [2.24, 2.45) is 5.92 Å². The van der Waals surface area contributed by atoms with Crippen LogP contribution in [-0.2, 0) is 21.2 Å². The smallest absolute Gasteiger partial charge is 0.243 e. The van der Waals surface area contributed by atoms with Gasteiger partial charge in [-0.2, -0.15) is 4.31 Å².